The average Bonchev–Trinajstić information content (AvgIpc) is 3.47. The number of ether oxygens (including phenoxy) is 1. The number of hydrazine groups is 1. The van der Waals surface area contributed by atoms with Gasteiger partial charge in [-0.3, -0.25) is 19.4 Å². The molecule has 17 heteroatoms. The highest BCUT2D eigenvalue weighted by Crippen LogP contribution is 2.46. The van der Waals surface area contributed by atoms with E-state index in [1.54, 1.807) is 71.2 Å². The molecule has 0 spiro atoms. The molecule has 1 aromatic rings. The van der Waals surface area contributed by atoms with Gasteiger partial charge in [0.05, 0.1) is 24.9 Å². The maximum atomic E-state index is 14.2. The summed E-state index contributed by atoms with van der Waals surface area (Å²) in [6, 6.07) is 5.49. The van der Waals surface area contributed by atoms with Crippen molar-refractivity contribution in [1.82, 2.24) is 18.9 Å². The lowest BCUT2D eigenvalue weighted by molar-refractivity contribution is -0.166. The van der Waals surface area contributed by atoms with Crippen LogP contribution in [0.3, 0.4) is 0 Å². The molecule has 2 aliphatic carbocycles. The first kappa shape index (κ1) is 42.0. The molecule has 2 amide bonds. The van der Waals surface area contributed by atoms with E-state index in [1.807, 2.05) is 13.8 Å². The minimum Gasteiger partial charge on any atom is -0.497 e. The number of ketones is 1. The van der Waals surface area contributed by atoms with E-state index in [4.69, 9.17) is 10.6 Å². The van der Waals surface area contributed by atoms with Crippen LogP contribution < -0.4 is 10.6 Å². The van der Waals surface area contributed by atoms with E-state index in [0.29, 0.717) is 21.9 Å². The lowest BCUT2D eigenvalue weighted by Gasteiger charge is -2.48. The molecule has 4 aliphatic rings. The van der Waals surface area contributed by atoms with Gasteiger partial charge in [-0.2, -0.15) is 4.31 Å². The molecule has 3 unspecified atom stereocenters. The summed E-state index contributed by atoms with van der Waals surface area (Å²) in [6.45, 7) is 10.0. The highest BCUT2D eigenvalue weighted by molar-refractivity contribution is 7.91. The van der Waals surface area contributed by atoms with Crippen molar-refractivity contribution in [3.63, 3.8) is 0 Å². The first-order valence-corrected chi connectivity index (χ1v) is 21.4. The third-order valence-corrected chi connectivity index (χ3v) is 16.9. The summed E-state index contributed by atoms with van der Waals surface area (Å²) >= 11 is 0. The Hall–Kier alpha value is -3.19. The molecule has 1 saturated carbocycles. The Bertz CT molecular complexity index is 1930. The lowest BCUT2D eigenvalue weighted by Crippen LogP contribution is -2.68. The Balaban J connectivity index is 1.31. The highest BCUT2D eigenvalue weighted by Gasteiger charge is 2.57. The molecule has 0 aromatic heterocycles. The fourth-order valence-corrected chi connectivity index (χ4v) is 12.6. The molecule has 5 rings (SSSR count). The molecule has 300 valence electrons. The minimum atomic E-state index is -3.95. The highest BCUT2D eigenvalue weighted by atomic mass is 32.2. The van der Waals surface area contributed by atoms with E-state index >= 15 is 0 Å². The number of piperazine rings is 1. The number of rotatable bonds is 12. The summed E-state index contributed by atoms with van der Waals surface area (Å²) in [5.41, 5.74) is -0.135. The second-order valence-electron chi connectivity index (χ2n) is 16.2. The van der Waals surface area contributed by atoms with E-state index in [-0.39, 0.29) is 50.8 Å². The fraction of sp³-hybridized carbons (Fsp3) is 0.649. The molecule has 2 aliphatic heterocycles. The van der Waals surface area contributed by atoms with Crippen molar-refractivity contribution in [1.29, 1.82) is 0 Å². The Morgan fingerprint density at radius 3 is 2.22 bits per heavy atom. The summed E-state index contributed by atoms with van der Waals surface area (Å²) in [4.78, 5) is 42.7. The van der Waals surface area contributed by atoms with Crippen LogP contribution in [0.15, 0.2) is 53.3 Å². The molecule has 15 nitrogen and oxygen atoms in total. The number of methoxy groups -OCH3 is 1. The monoisotopic (exact) mass is 793 g/mol. The van der Waals surface area contributed by atoms with Crippen LogP contribution in [0.1, 0.15) is 85.6 Å². The number of hydrogen-bond acceptors (Lipinski definition) is 11. The van der Waals surface area contributed by atoms with Gasteiger partial charge in [-0.1, -0.05) is 44.2 Å². The predicted molar refractivity (Wildman–Crippen MR) is 200 cm³/mol. The van der Waals surface area contributed by atoms with E-state index in [9.17, 15) is 41.4 Å². The molecule has 5 atom stereocenters. The number of hydrogen-bond donors (Lipinski definition) is 4. The van der Waals surface area contributed by atoms with Crippen LogP contribution in [0.2, 0.25) is 0 Å². The van der Waals surface area contributed by atoms with Crippen LogP contribution in [0.5, 0.6) is 0 Å². The van der Waals surface area contributed by atoms with Gasteiger partial charge in [-0.05, 0) is 94.4 Å². The first-order valence-electron chi connectivity index (χ1n) is 18.3. The van der Waals surface area contributed by atoms with Crippen molar-refractivity contribution >= 4 is 37.6 Å². The molecular formula is C37H55N5O10S2. The van der Waals surface area contributed by atoms with Gasteiger partial charge in [0.2, 0.25) is 38.0 Å². The number of aliphatic hydroxyl groups excluding tert-OH is 1. The number of carbonyl (C=O) groups excluding carboxylic acids is 3. The van der Waals surface area contributed by atoms with Crippen molar-refractivity contribution in [3.8, 4) is 0 Å². The Morgan fingerprint density at radius 1 is 1.04 bits per heavy atom. The average molecular weight is 794 g/mol. The number of sulfonamides is 2. The summed E-state index contributed by atoms with van der Waals surface area (Å²) in [5, 5.41) is 20.9. The molecule has 54 heavy (non-hydrogen) atoms. The standard InChI is InChI=1S/C37H55N5O10S2/c1-23-19-29(52-7)24(2)25(3)37(23,6)54(50,51)39-27-13-16-35(4,17-14-27)32(31(44)34(46)47)42(38)33(45)28-15-18-36(5)22-40(20-30(43)41(28)36)53(48,49)21-26-11-9-8-10-12-26/h8-12,19,23,27-28,32,34,39,46-47H,13-18,20-22,38H2,1-7H3/t23?,27?,28-,32?,35?,36-,37?/m0/s1. The van der Waals surface area contributed by atoms with Crippen molar-refractivity contribution < 1.29 is 46.2 Å². The maximum Gasteiger partial charge on any atom is 0.259 e. The summed E-state index contributed by atoms with van der Waals surface area (Å²) in [5.74, 6) is 3.95. The number of fused-ring (bicyclic) bond motifs is 1. The van der Waals surface area contributed by atoms with Crippen LogP contribution >= 0.6 is 0 Å². The largest absolute Gasteiger partial charge is 0.497 e. The van der Waals surface area contributed by atoms with Crippen molar-refractivity contribution in [2.24, 2.45) is 17.2 Å². The zero-order chi connectivity index (χ0) is 40.2. The molecule has 2 heterocycles. The number of carbonyl (C=O) groups is 3. The number of allylic oxidation sites excluding steroid dienone is 2. The number of benzene rings is 1. The van der Waals surface area contributed by atoms with Crippen LogP contribution in [0.4, 0.5) is 0 Å². The zero-order valence-corrected chi connectivity index (χ0v) is 33.7. The molecular weight excluding hydrogens is 739 g/mol. The van der Waals surface area contributed by atoms with Gasteiger partial charge < -0.3 is 19.8 Å². The number of amides is 2. The minimum absolute atomic E-state index is 0.0362. The van der Waals surface area contributed by atoms with Gasteiger partial charge in [-0.25, -0.2) is 27.4 Å². The van der Waals surface area contributed by atoms with Crippen molar-refractivity contribution in [2.45, 2.75) is 121 Å². The zero-order valence-electron chi connectivity index (χ0n) is 32.1. The molecule has 2 saturated heterocycles. The Morgan fingerprint density at radius 2 is 1.65 bits per heavy atom. The number of nitrogens with two attached hydrogens (primary N) is 1. The van der Waals surface area contributed by atoms with Gasteiger partial charge >= 0.3 is 0 Å². The lowest BCUT2D eigenvalue weighted by atomic mass is 9.67. The van der Waals surface area contributed by atoms with Crippen molar-refractivity contribution in [2.75, 3.05) is 20.2 Å². The maximum absolute atomic E-state index is 14.2. The van der Waals surface area contributed by atoms with E-state index < -0.39 is 90.2 Å². The van der Waals surface area contributed by atoms with Crippen LogP contribution in [-0.4, -0.2) is 114 Å². The van der Waals surface area contributed by atoms with Gasteiger partial charge in [-0.15, -0.1) is 0 Å². The van der Waals surface area contributed by atoms with Crippen LogP contribution in [0.25, 0.3) is 0 Å². The van der Waals surface area contributed by atoms with E-state index in [1.165, 1.54) is 4.90 Å². The SMILES string of the molecule is COC1=CC(C)C(C)(S(=O)(=O)NC2CCC(C)(C(C(=O)C(O)O)N(N)C(=O)[C@@H]3CC[C@@]4(C)CN(S(=O)(=O)Cc5ccccc5)CC(=O)N34)CC2)C(C)=C1C. The van der Waals surface area contributed by atoms with Gasteiger partial charge in [0.25, 0.3) is 5.91 Å². The number of nitrogens with zero attached hydrogens (tertiary/aromatic N) is 3. The third-order valence-electron chi connectivity index (χ3n) is 12.7. The number of aliphatic hydroxyl groups is 2. The smallest absolute Gasteiger partial charge is 0.259 e. The summed E-state index contributed by atoms with van der Waals surface area (Å²) in [6.07, 6.45) is 0.741. The summed E-state index contributed by atoms with van der Waals surface area (Å²) < 4.78 is 63.1. The number of Topliss-reactive ketones (excluding diaryl/α,β-unsaturated/α-hetero) is 1. The van der Waals surface area contributed by atoms with Gasteiger partial charge in [0.15, 0.2) is 0 Å². The van der Waals surface area contributed by atoms with Crippen LogP contribution in [0, 0.1) is 11.3 Å². The second kappa shape index (κ2) is 15.0. The Kier molecular flexibility index (Phi) is 11.7. The van der Waals surface area contributed by atoms with Gasteiger partial charge in [0, 0.05) is 18.5 Å². The molecule has 1 aromatic carbocycles. The molecule has 0 bridgehead atoms. The normalized spacial score (nSPS) is 31.6. The van der Waals surface area contributed by atoms with Gasteiger partial charge in [0.1, 0.15) is 22.6 Å². The fourth-order valence-electron chi connectivity index (χ4n) is 9.02. The van der Waals surface area contributed by atoms with E-state index in [2.05, 4.69) is 4.72 Å². The quantitative estimate of drug-likeness (QED) is 0.103. The predicted octanol–water partition coefficient (Wildman–Crippen LogP) is 1.68. The third kappa shape index (κ3) is 7.40. The number of nitrogens with one attached hydrogen (secondary N) is 1. The first-order chi connectivity index (χ1) is 25.0. The molecule has 0 radical (unpaired) electrons. The van der Waals surface area contributed by atoms with Crippen LogP contribution in [-0.2, 0) is 44.9 Å². The second-order valence-corrected chi connectivity index (χ2v) is 20.2. The molecule has 5 N–H and O–H groups in total. The van der Waals surface area contributed by atoms with E-state index in [0.717, 1.165) is 9.88 Å². The molecule has 3 fully saturated rings. The summed E-state index contributed by atoms with van der Waals surface area (Å²) in [7, 11) is -6.29. The Labute approximate surface area is 318 Å². The topological polar surface area (TPSA) is 217 Å². The van der Waals surface area contributed by atoms with Crippen molar-refractivity contribution in [3.05, 3.63) is 58.9 Å².